The first-order valence-electron chi connectivity index (χ1n) is 9.65. The van der Waals surface area contributed by atoms with E-state index >= 15 is 0 Å². The van der Waals surface area contributed by atoms with Gasteiger partial charge in [-0.3, -0.25) is 14.4 Å². The summed E-state index contributed by atoms with van der Waals surface area (Å²) >= 11 is 0. The van der Waals surface area contributed by atoms with Crippen LogP contribution >= 0.6 is 0 Å². The molecule has 2 heterocycles. The summed E-state index contributed by atoms with van der Waals surface area (Å²) in [7, 11) is 0. The lowest BCUT2D eigenvalue weighted by Crippen LogP contribution is -2.36. The van der Waals surface area contributed by atoms with Crippen molar-refractivity contribution >= 4 is 5.91 Å². The van der Waals surface area contributed by atoms with E-state index in [1.54, 1.807) is 0 Å². The van der Waals surface area contributed by atoms with E-state index in [1.807, 2.05) is 0 Å². The summed E-state index contributed by atoms with van der Waals surface area (Å²) in [4.78, 5) is 14.6. The number of carbonyl (C=O) groups excluding carboxylic acids is 1. The normalized spacial score (nSPS) is 19.5. The second kappa shape index (κ2) is 8.15. The largest absolute Gasteiger partial charge is 0.350 e. The zero-order chi connectivity index (χ0) is 16.9. The van der Waals surface area contributed by atoms with E-state index < -0.39 is 0 Å². The number of amides is 1. The maximum atomic E-state index is 12.1. The van der Waals surface area contributed by atoms with Crippen molar-refractivity contribution < 1.29 is 4.79 Å². The van der Waals surface area contributed by atoms with E-state index in [1.165, 1.54) is 37.8 Å². The molecule has 24 heavy (non-hydrogen) atoms. The number of rotatable bonds is 6. The molecule has 5 heteroatoms. The van der Waals surface area contributed by atoms with E-state index in [2.05, 4.69) is 39.9 Å². The molecule has 3 rings (SSSR count). The van der Waals surface area contributed by atoms with Gasteiger partial charge in [0.1, 0.15) is 0 Å². The van der Waals surface area contributed by atoms with Crippen molar-refractivity contribution in [3.63, 3.8) is 0 Å². The fourth-order valence-electron chi connectivity index (χ4n) is 4.05. The molecule has 0 radical (unpaired) electrons. The molecule has 0 spiro atoms. The first kappa shape index (κ1) is 17.5. The SMILES string of the molecule is CC(C)CN1CCn2nc(CNC(=O)CC3CCCCC3)cc2C1. The van der Waals surface area contributed by atoms with Crippen LogP contribution in [0.1, 0.15) is 63.8 Å². The maximum absolute atomic E-state index is 12.1. The van der Waals surface area contributed by atoms with Crippen molar-refractivity contribution in [3.05, 3.63) is 17.5 Å². The van der Waals surface area contributed by atoms with Crippen molar-refractivity contribution in [2.24, 2.45) is 11.8 Å². The molecule has 5 nitrogen and oxygen atoms in total. The Morgan fingerprint density at radius 3 is 2.83 bits per heavy atom. The van der Waals surface area contributed by atoms with E-state index in [4.69, 9.17) is 0 Å². The monoisotopic (exact) mass is 332 g/mol. The molecule has 0 unspecified atom stereocenters. The van der Waals surface area contributed by atoms with E-state index in [0.717, 1.165) is 31.9 Å². The van der Waals surface area contributed by atoms with Gasteiger partial charge < -0.3 is 5.32 Å². The third kappa shape index (κ3) is 4.82. The van der Waals surface area contributed by atoms with Gasteiger partial charge in [0.2, 0.25) is 5.91 Å². The maximum Gasteiger partial charge on any atom is 0.220 e. The van der Waals surface area contributed by atoms with Crippen LogP contribution in [0.3, 0.4) is 0 Å². The Morgan fingerprint density at radius 1 is 1.29 bits per heavy atom. The van der Waals surface area contributed by atoms with Gasteiger partial charge in [-0.2, -0.15) is 5.10 Å². The fourth-order valence-corrected chi connectivity index (χ4v) is 4.05. The quantitative estimate of drug-likeness (QED) is 0.871. The van der Waals surface area contributed by atoms with Crippen molar-refractivity contribution in [2.45, 2.75) is 72.0 Å². The van der Waals surface area contributed by atoms with Crippen LogP contribution in [0.4, 0.5) is 0 Å². The van der Waals surface area contributed by atoms with Gasteiger partial charge in [-0.05, 0) is 30.7 Å². The smallest absolute Gasteiger partial charge is 0.220 e. The Morgan fingerprint density at radius 2 is 2.08 bits per heavy atom. The van der Waals surface area contributed by atoms with Gasteiger partial charge in [-0.1, -0.05) is 33.1 Å². The minimum Gasteiger partial charge on any atom is -0.350 e. The minimum absolute atomic E-state index is 0.189. The van der Waals surface area contributed by atoms with E-state index in [-0.39, 0.29) is 5.91 Å². The summed E-state index contributed by atoms with van der Waals surface area (Å²) in [6.45, 7) is 9.23. The summed E-state index contributed by atoms with van der Waals surface area (Å²) in [6.07, 6.45) is 7.05. The molecule has 1 amide bonds. The van der Waals surface area contributed by atoms with Crippen molar-refractivity contribution in [3.8, 4) is 0 Å². The summed E-state index contributed by atoms with van der Waals surface area (Å²) in [5, 5.41) is 7.73. The molecule has 134 valence electrons. The first-order valence-corrected chi connectivity index (χ1v) is 9.65. The molecule has 1 fully saturated rings. The molecule has 0 bridgehead atoms. The number of hydrogen-bond acceptors (Lipinski definition) is 3. The van der Waals surface area contributed by atoms with Gasteiger partial charge in [-0.15, -0.1) is 0 Å². The lowest BCUT2D eigenvalue weighted by Gasteiger charge is -2.28. The lowest BCUT2D eigenvalue weighted by atomic mass is 9.87. The predicted octanol–water partition coefficient (Wildman–Crippen LogP) is 2.94. The van der Waals surface area contributed by atoms with Gasteiger partial charge in [0.25, 0.3) is 0 Å². The van der Waals surface area contributed by atoms with Crippen LogP contribution in [0, 0.1) is 11.8 Å². The third-order valence-corrected chi connectivity index (χ3v) is 5.22. The first-order chi connectivity index (χ1) is 11.6. The lowest BCUT2D eigenvalue weighted by molar-refractivity contribution is -0.122. The zero-order valence-corrected chi connectivity index (χ0v) is 15.3. The van der Waals surface area contributed by atoms with Gasteiger partial charge >= 0.3 is 0 Å². The van der Waals surface area contributed by atoms with Crippen LogP contribution in [-0.2, 0) is 24.4 Å². The summed E-state index contributed by atoms with van der Waals surface area (Å²) < 4.78 is 2.11. The minimum atomic E-state index is 0.189. The summed E-state index contributed by atoms with van der Waals surface area (Å²) in [5.74, 6) is 1.48. The Labute approximate surface area is 145 Å². The average molecular weight is 332 g/mol. The number of hydrogen-bond donors (Lipinski definition) is 1. The van der Waals surface area contributed by atoms with Crippen LogP contribution in [0.5, 0.6) is 0 Å². The van der Waals surface area contributed by atoms with Crippen LogP contribution in [0.25, 0.3) is 0 Å². The van der Waals surface area contributed by atoms with Crippen molar-refractivity contribution in [1.82, 2.24) is 20.0 Å². The van der Waals surface area contributed by atoms with E-state index in [0.29, 0.717) is 24.8 Å². The third-order valence-electron chi connectivity index (χ3n) is 5.22. The second-order valence-electron chi connectivity index (χ2n) is 7.96. The molecule has 1 N–H and O–H groups in total. The topological polar surface area (TPSA) is 50.2 Å². The molecule has 1 aromatic heterocycles. The van der Waals surface area contributed by atoms with Gasteiger partial charge in [-0.25, -0.2) is 0 Å². The second-order valence-corrected chi connectivity index (χ2v) is 7.96. The molecule has 1 aliphatic heterocycles. The average Bonchev–Trinajstić information content (AvgIpc) is 2.95. The highest BCUT2D eigenvalue weighted by atomic mass is 16.1. The highest BCUT2D eigenvalue weighted by Crippen LogP contribution is 2.26. The predicted molar refractivity (Wildman–Crippen MR) is 95.4 cm³/mol. The Kier molecular flexibility index (Phi) is 5.93. The van der Waals surface area contributed by atoms with Crippen LogP contribution in [0.2, 0.25) is 0 Å². The molecule has 1 aromatic rings. The van der Waals surface area contributed by atoms with Crippen LogP contribution in [-0.4, -0.2) is 33.7 Å². The molecule has 0 aromatic carbocycles. The Balaban J connectivity index is 1.46. The number of nitrogens with one attached hydrogen (secondary N) is 1. The van der Waals surface area contributed by atoms with Crippen LogP contribution in [0.15, 0.2) is 6.07 Å². The molecule has 0 saturated heterocycles. The number of nitrogens with zero attached hydrogens (tertiary/aromatic N) is 3. The number of fused-ring (bicyclic) bond motifs is 1. The Bertz CT molecular complexity index is 546. The number of carbonyl (C=O) groups is 1. The highest BCUT2D eigenvalue weighted by molar-refractivity contribution is 5.76. The molecule has 0 atom stereocenters. The van der Waals surface area contributed by atoms with Gasteiger partial charge in [0, 0.05) is 26.1 Å². The number of aromatic nitrogens is 2. The molecule has 1 saturated carbocycles. The van der Waals surface area contributed by atoms with E-state index in [9.17, 15) is 4.79 Å². The van der Waals surface area contributed by atoms with Crippen molar-refractivity contribution in [1.29, 1.82) is 0 Å². The summed E-state index contributed by atoms with van der Waals surface area (Å²) in [6, 6.07) is 2.16. The highest BCUT2D eigenvalue weighted by Gasteiger charge is 2.20. The van der Waals surface area contributed by atoms with Gasteiger partial charge in [0.15, 0.2) is 0 Å². The molecule has 2 aliphatic rings. The van der Waals surface area contributed by atoms with Crippen molar-refractivity contribution in [2.75, 3.05) is 13.1 Å². The fraction of sp³-hybridized carbons (Fsp3) is 0.789. The van der Waals surface area contributed by atoms with Gasteiger partial charge in [0.05, 0.1) is 24.5 Å². The molecular weight excluding hydrogens is 300 g/mol. The summed E-state index contributed by atoms with van der Waals surface area (Å²) in [5.41, 5.74) is 2.27. The zero-order valence-electron chi connectivity index (χ0n) is 15.3. The molecular formula is C19H32N4O. The Hall–Kier alpha value is -1.36. The standard InChI is InChI=1S/C19H32N4O/c1-15(2)13-22-8-9-23-18(14-22)11-17(21-23)12-20-19(24)10-16-6-4-3-5-7-16/h11,15-16H,3-10,12-14H2,1-2H3,(H,20,24). The molecule has 1 aliphatic carbocycles. The van der Waals surface area contributed by atoms with Crippen LogP contribution < -0.4 is 5.32 Å².